The van der Waals surface area contributed by atoms with Crippen molar-refractivity contribution in [1.29, 1.82) is 0 Å². The van der Waals surface area contributed by atoms with Crippen LogP contribution in [0.3, 0.4) is 0 Å². The molecule has 0 radical (unpaired) electrons. The monoisotopic (exact) mass is 589 g/mol. The standard InChI is InChI=1S/C21H22FN3O12P2/c22-15-9-23-13(8-14(15)12-4-2-1-3-5-12)10-25-17(26)6-7-24(21(25)29)20-19(28)18(27)16(36-20)11-35-39(33,34)37-38(30,31)32/h1-9,16,18-20,27-28H,10-11H2,(H,33,34)(H2,30,31,32)/t16-,18?,19?,20-/m1/s1. The van der Waals surface area contributed by atoms with Crippen molar-refractivity contribution >= 4 is 15.6 Å². The predicted octanol–water partition coefficient (Wildman–Crippen LogP) is 0.105. The molecule has 3 unspecified atom stereocenters. The zero-order valence-electron chi connectivity index (χ0n) is 19.6. The molecule has 5 N–H and O–H groups in total. The van der Waals surface area contributed by atoms with Gasteiger partial charge in [0.05, 0.1) is 25.0 Å². The van der Waals surface area contributed by atoms with Crippen molar-refractivity contribution in [2.24, 2.45) is 0 Å². The van der Waals surface area contributed by atoms with Gasteiger partial charge in [-0.2, -0.15) is 4.31 Å². The fourth-order valence-electron chi connectivity index (χ4n) is 3.86. The summed E-state index contributed by atoms with van der Waals surface area (Å²) in [7, 11) is -10.7. The van der Waals surface area contributed by atoms with E-state index in [0.29, 0.717) is 5.56 Å². The summed E-state index contributed by atoms with van der Waals surface area (Å²) in [5, 5.41) is 20.7. The van der Waals surface area contributed by atoms with Crippen molar-refractivity contribution in [1.82, 2.24) is 14.1 Å². The summed E-state index contributed by atoms with van der Waals surface area (Å²) in [6.07, 6.45) is -4.79. The Kier molecular flexibility index (Phi) is 8.44. The molecule has 1 fully saturated rings. The Hall–Kier alpha value is -2.88. The van der Waals surface area contributed by atoms with Crippen molar-refractivity contribution in [2.45, 2.75) is 31.1 Å². The predicted molar refractivity (Wildman–Crippen MR) is 129 cm³/mol. The Morgan fingerprint density at radius 1 is 1.05 bits per heavy atom. The van der Waals surface area contributed by atoms with Gasteiger partial charge in [0.15, 0.2) is 6.23 Å². The maximum atomic E-state index is 14.4. The lowest BCUT2D eigenvalue weighted by molar-refractivity contribution is -0.0547. The van der Waals surface area contributed by atoms with Crippen LogP contribution in [0.15, 0.2) is 64.4 Å². The molecule has 5 atom stereocenters. The van der Waals surface area contributed by atoms with Gasteiger partial charge in [0, 0.05) is 17.8 Å². The SMILES string of the molecule is O=c1ccn([C@@H]2O[C@H](COP(=O)(O)OP(=O)(O)O)C(O)C2O)c(=O)n1Cc1cc(-c2ccccc2)c(F)cn1. The number of pyridine rings is 1. The normalized spacial score (nSPS) is 23.0. The van der Waals surface area contributed by atoms with Crippen molar-refractivity contribution in [3.63, 3.8) is 0 Å². The second-order valence-corrected chi connectivity index (χ2v) is 11.2. The second kappa shape index (κ2) is 11.3. The smallest absolute Gasteiger partial charge is 0.387 e. The third-order valence-electron chi connectivity index (χ3n) is 5.64. The Bertz CT molecular complexity index is 1560. The molecule has 1 aliphatic heterocycles. The Labute approximate surface area is 218 Å². The quantitative estimate of drug-likeness (QED) is 0.209. The lowest BCUT2D eigenvalue weighted by Gasteiger charge is -2.19. The number of ether oxygens (including phenoxy) is 1. The maximum Gasteiger partial charge on any atom is 0.481 e. The highest BCUT2D eigenvalue weighted by Crippen LogP contribution is 2.57. The van der Waals surface area contributed by atoms with Gasteiger partial charge in [0.2, 0.25) is 0 Å². The molecule has 0 saturated carbocycles. The van der Waals surface area contributed by atoms with Crippen LogP contribution in [0.2, 0.25) is 0 Å². The van der Waals surface area contributed by atoms with Crippen LogP contribution in [0.4, 0.5) is 4.39 Å². The summed E-state index contributed by atoms with van der Waals surface area (Å²) in [6.45, 7) is -1.36. The zero-order chi connectivity index (χ0) is 28.5. The number of hydrogen-bond donors (Lipinski definition) is 5. The van der Waals surface area contributed by atoms with E-state index in [1.54, 1.807) is 30.3 Å². The van der Waals surface area contributed by atoms with E-state index in [1.165, 1.54) is 6.07 Å². The summed E-state index contributed by atoms with van der Waals surface area (Å²) in [4.78, 5) is 56.4. The molecule has 0 amide bonds. The number of phosphoric ester groups is 1. The number of aliphatic hydroxyl groups excluding tert-OH is 2. The number of benzene rings is 1. The van der Waals surface area contributed by atoms with Gasteiger partial charge in [-0.05, 0) is 11.6 Å². The summed E-state index contributed by atoms with van der Waals surface area (Å²) in [5.74, 6) is -0.619. The van der Waals surface area contributed by atoms with Crippen molar-refractivity contribution < 1.29 is 52.0 Å². The van der Waals surface area contributed by atoms with Gasteiger partial charge in [-0.3, -0.25) is 23.4 Å². The minimum Gasteiger partial charge on any atom is -0.387 e. The van der Waals surface area contributed by atoms with Crippen LogP contribution in [-0.2, 0) is 29.2 Å². The molecular formula is C21H22FN3O12P2. The number of phosphoric acid groups is 2. The second-order valence-electron chi connectivity index (χ2n) is 8.33. The molecule has 1 aromatic carbocycles. The topological polar surface area (TPSA) is 220 Å². The molecular weight excluding hydrogens is 567 g/mol. The molecule has 39 heavy (non-hydrogen) atoms. The molecule has 0 spiro atoms. The van der Waals surface area contributed by atoms with Gasteiger partial charge < -0.3 is 29.6 Å². The highest BCUT2D eigenvalue weighted by Gasteiger charge is 2.46. The molecule has 0 bridgehead atoms. The first kappa shape index (κ1) is 29.1. The number of aromatic nitrogens is 3. The first-order valence-corrected chi connectivity index (χ1v) is 14.1. The van der Waals surface area contributed by atoms with Crippen molar-refractivity contribution in [3.8, 4) is 11.1 Å². The lowest BCUT2D eigenvalue weighted by Crippen LogP contribution is -2.43. The van der Waals surface area contributed by atoms with Crippen LogP contribution in [0.25, 0.3) is 11.1 Å². The van der Waals surface area contributed by atoms with Crippen LogP contribution in [0.5, 0.6) is 0 Å². The van der Waals surface area contributed by atoms with Gasteiger partial charge >= 0.3 is 21.3 Å². The summed E-state index contributed by atoms with van der Waals surface area (Å²) < 4.78 is 51.8. The lowest BCUT2D eigenvalue weighted by atomic mass is 10.1. The largest absolute Gasteiger partial charge is 0.481 e. The van der Waals surface area contributed by atoms with E-state index < -0.39 is 63.9 Å². The summed E-state index contributed by atoms with van der Waals surface area (Å²) in [6, 6.07) is 10.9. The highest BCUT2D eigenvalue weighted by molar-refractivity contribution is 7.60. The molecule has 2 aromatic heterocycles. The van der Waals surface area contributed by atoms with Gasteiger partial charge in [-0.1, -0.05) is 30.3 Å². The van der Waals surface area contributed by atoms with E-state index in [-0.39, 0.29) is 17.8 Å². The van der Waals surface area contributed by atoms with Crippen LogP contribution in [0, 0.1) is 5.82 Å². The first-order chi connectivity index (χ1) is 18.3. The molecule has 15 nitrogen and oxygen atoms in total. The third-order valence-corrected chi connectivity index (χ3v) is 7.79. The van der Waals surface area contributed by atoms with E-state index in [0.717, 1.165) is 27.6 Å². The van der Waals surface area contributed by atoms with Gasteiger partial charge in [-0.15, -0.1) is 0 Å². The fourth-order valence-corrected chi connectivity index (χ4v) is 5.46. The molecule has 1 aliphatic rings. The van der Waals surface area contributed by atoms with E-state index in [2.05, 4.69) is 13.8 Å². The minimum atomic E-state index is -5.40. The molecule has 3 heterocycles. The number of hydrogen-bond acceptors (Lipinski definition) is 10. The van der Waals surface area contributed by atoms with E-state index >= 15 is 0 Å². The number of aliphatic hydroxyl groups is 2. The average molecular weight is 589 g/mol. The van der Waals surface area contributed by atoms with Crippen LogP contribution in [-0.4, -0.2) is 63.9 Å². The first-order valence-electron chi connectivity index (χ1n) is 11.0. The average Bonchev–Trinajstić information content (AvgIpc) is 3.14. The highest BCUT2D eigenvalue weighted by atomic mass is 31.3. The number of halogens is 1. The van der Waals surface area contributed by atoms with Gasteiger partial charge in [-0.25, -0.2) is 18.3 Å². The summed E-state index contributed by atoms with van der Waals surface area (Å²) >= 11 is 0. The van der Waals surface area contributed by atoms with Crippen LogP contribution >= 0.6 is 15.6 Å². The zero-order valence-corrected chi connectivity index (χ0v) is 21.4. The number of rotatable bonds is 9. The van der Waals surface area contributed by atoms with E-state index in [9.17, 15) is 38.2 Å². The number of nitrogens with zero attached hydrogens (tertiary/aromatic N) is 3. The Morgan fingerprint density at radius 2 is 1.74 bits per heavy atom. The maximum absolute atomic E-state index is 14.4. The minimum absolute atomic E-state index is 0.162. The van der Waals surface area contributed by atoms with E-state index in [4.69, 9.17) is 14.5 Å². The fraction of sp³-hybridized carbons (Fsp3) is 0.286. The third kappa shape index (κ3) is 6.83. The Morgan fingerprint density at radius 3 is 2.41 bits per heavy atom. The molecule has 3 aromatic rings. The van der Waals surface area contributed by atoms with Crippen molar-refractivity contribution in [3.05, 3.63) is 87.2 Å². The molecule has 0 aliphatic carbocycles. The van der Waals surface area contributed by atoms with Gasteiger partial charge in [0.25, 0.3) is 5.56 Å². The van der Waals surface area contributed by atoms with Crippen LogP contribution in [0.1, 0.15) is 11.9 Å². The van der Waals surface area contributed by atoms with E-state index in [1.807, 2.05) is 0 Å². The van der Waals surface area contributed by atoms with Crippen LogP contribution < -0.4 is 11.2 Å². The molecule has 1 saturated heterocycles. The Balaban J connectivity index is 1.57. The summed E-state index contributed by atoms with van der Waals surface area (Å²) in [5.41, 5.74) is -0.859. The molecule has 18 heteroatoms. The van der Waals surface area contributed by atoms with Crippen molar-refractivity contribution in [2.75, 3.05) is 6.61 Å². The molecule has 210 valence electrons. The van der Waals surface area contributed by atoms with Gasteiger partial charge in [0.1, 0.15) is 24.1 Å². The molecule has 4 rings (SSSR count).